The van der Waals surface area contributed by atoms with Crippen molar-refractivity contribution >= 4 is 27.7 Å². The van der Waals surface area contributed by atoms with Crippen molar-refractivity contribution in [3.05, 3.63) is 35.4 Å². The fourth-order valence-corrected chi connectivity index (χ4v) is 2.52. The van der Waals surface area contributed by atoms with Gasteiger partial charge in [0.15, 0.2) is 0 Å². The Morgan fingerprint density at radius 1 is 1.42 bits per heavy atom. The molecule has 0 spiro atoms. The van der Waals surface area contributed by atoms with Gasteiger partial charge in [-0.2, -0.15) is 0 Å². The van der Waals surface area contributed by atoms with Gasteiger partial charge in [-0.15, -0.1) is 0 Å². The Bertz CT molecular complexity index is 473. The van der Waals surface area contributed by atoms with Crippen LogP contribution in [0.2, 0.25) is 0 Å². The number of carbonyl (C=O) groups is 2. The predicted octanol–water partition coefficient (Wildman–Crippen LogP) is 1.93. The van der Waals surface area contributed by atoms with Crippen LogP contribution in [0.1, 0.15) is 28.8 Å². The normalized spacial score (nSPS) is 19.4. The summed E-state index contributed by atoms with van der Waals surface area (Å²) in [6.45, 7) is 0.587. The number of nitrogens with one attached hydrogen (secondary N) is 1. The van der Waals surface area contributed by atoms with Crippen LogP contribution in [-0.4, -0.2) is 36.3 Å². The van der Waals surface area contributed by atoms with Gasteiger partial charge in [0.05, 0.1) is 0 Å². The van der Waals surface area contributed by atoms with Gasteiger partial charge < -0.3 is 10.2 Å². The van der Waals surface area contributed by atoms with E-state index in [9.17, 15) is 9.59 Å². The number of alkyl halides is 1. The summed E-state index contributed by atoms with van der Waals surface area (Å²) in [4.78, 5) is 25.1. The van der Waals surface area contributed by atoms with E-state index in [2.05, 4.69) is 21.2 Å². The molecule has 1 unspecified atom stereocenters. The van der Waals surface area contributed by atoms with Gasteiger partial charge in [0.2, 0.25) is 5.91 Å². The third-order valence-electron chi connectivity index (χ3n) is 3.33. The molecule has 1 heterocycles. The summed E-state index contributed by atoms with van der Waals surface area (Å²) in [5.74, 6) is 0.0704. The number of piperidine rings is 1. The average Bonchev–Trinajstić information content (AvgIpc) is 2.43. The minimum Gasteiger partial charge on any atom is -0.348 e. The molecule has 1 N–H and O–H groups in total. The van der Waals surface area contributed by atoms with Crippen molar-refractivity contribution in [2.24, 2.45) is 0 Å². The minimum absolute atomic E-state index is 0.0473. The first-order valence-electron chi connectivity index (χ1n) is 6.30. The van der Waals surface area contributed by atoms with Gasteiger partial charge in [0, 0.05) is 36.9 Å². The van der Waals surface area contributed by atoms with Crippen LogP contribution >= 0.6 is 15.9 Å². The fraction of sp³-hybridized carbons (Fsp3) is 0.429. The maximum absolute atomic E-state index is 12.1. The van der Waals surface area contributed by atoms with Gasteiger partial charge in [0.25, 0.3) is 5.91 Å². The molecule has 1 aliphatic rings. The number of carbonyl (C=O) groups excluding carboxylic acids is 2. The topological polar surface area (TPSA) is 49.4 Å². The number of likely N-dealkylation sites (tertiary alicyclic amines) is 1. The molecule has 0 bridgehead atoms. The molecule has 1 aromatic carbocycles. The smallest absolute Gasteiger partial charge is 0.251 e. The molecule has 19 heavy (non-hydrogen) atoms. The molecule has 2 amide bonds. The molecule has 5 heteroatoms. The maximum atomic E-state index is 12.1. The molecule has 2 rings (SSSR count). The maximum Gasteiger partial charge on any atom is 0.251 e. The Labute approximate surface area is 121 Å². The number of benzene rings is 1. The van der Waals surface area contributed by atoms with Crippen LogP contribution < -0.4 is 5.32 Å². The van der Waals surface area contributed by atoms with Crippen LogP contribution in [0.15, 0.2) is 24.3 Å². The Morgan fingerprint density at radius 2 is 2.11 bits per heavy atom. The summed E-state index contributed by atoms with van der Waals surface area (Å²) in [6.07, 6.45) is 1.22. The molecular formula is C14H17BrN2O2. The van der Waals surface area contributed by atoms with Crippen molar-refractivity contribution in [3.63, 3.8) is 0 Å². The van der Waals surface area contributed by atoms with Crippen LogP contribution in [-0.2, 0) is 10.1 Å². The van der Waals surface area contributed by atoms with Gasteiger partial charge in [0.1, 0.15) is 0 Å². The molecule has 0 aromatic heterocycles. The monoisotopic (exact) mass is 324 g/mol. The SMILES string of the molecule is CN1CC(NC(=O)c2ccc(CBr)cc2)CCC1=O. The third-order valence-corrected chi connectivity index (χ3v) is 3.98. The van der Waals surface area contributed by atoms with Gasteiger partial charge in [-0.3, -0.25) is 9.59 Å². The third kappa shape index (κ3) is 3.56. The lowest BCUT2D eigenvalue weighted by Crippen LogP contribution is -2.48. The number of amides is 2. The second-order valence-electron chi connectivity index (χ2n) is 4.81. The Balaban J connectivity index is 1.95. The van der Waals surface area contributed by atoms with Crippen molar-refractivity contribution in [2.75, 3.05) is 13.6 Å². The van der Waals surface area contributed by atoms with E-state index in [0.717, 1.165) is 10.9 Å². The van der Waals surface area contributed by atoms with Crippen LogP contribution in [0, 0.1) is 0 Å². The van der Waals surface area contributed by atoms with Gasteiger partial charge >= 0.3 is 0 Å². The van der Waals surface area contributed by atoms with Crippen molar-refractivity contribution in [1.82, 2.24) is 10.2 Å². The highest BCUT2D eigenvalue weighted by molar-refractivity contribution is 9.08. The van der Waals surface area contributed by atoms with E-state index in [1.54, 1.807) is 11.9 Å². The van der Waals surface area contributed by atoms with Crippen molar-refractivity contribution in [1.29, 1.82) is 0 Å². The van der Waals surface area contributed by atoms with Crippen LogP contribution in [0.5, 0.6) is 0 Å². The molecule has 0 saturated carbocycles. The molecule has 102 valence electrons. The van der Waals surface area contributed by atoms with Crippen molar-refractivity contribution in [3.8, 4) is 0 Å². The van der Waals surface area contributed by atoms with Crippen molar-refractivity contribution < 1.29 is 9.59 Å². The first-order chi connectivity index (χ1) is 9.10. The van der Waals surface area contributed by atoms with Crippen LogP contribution in [0.3, 0.4) is 0 Å². The van der Waals surface area contributed by atoms with E-state index in [-0.39, 0.29) is 17.9 Å². The highest BCUT2D eigenvalue weighted by Gasteiger charge is 2.24. The number of hydrogen-bond acceptors (Lipinski definition) is 2. The summed E-state index contributed by atoms with van der Waals surface area (Å²) in [7, 11) is 1.77. The van der Waals surface area contributed by atoms with Crippen LogP contribution in [0.4, 0.5) is 0 Å². The number of halogens is 1. The highest BCUT2D eigenvalue weighted by Crippen LogP contribution is 2.12. The standard InChI is InChI=1S/C14H17BrN2O2/c1-17-9-12(6-7-13(17)18)16-14(19)11-4-2-10(8-15)3-5-11/h2-5,12H,6-9H2,1H3,(H,16,19). The Hall–Kier alpha value is -1.36. The molecule has 0 aliphatic carbocycles. The first kappa shape index (κ1) is 14.1. The number of likely N-dealkylation sites (N-methyl/N-ethyl adjacent to an activating group) is 1. The minimum atomic E-state index is -0.0751. The molecule has 1 aromatic rings. The van der Waals surface area contributed by atoms with Crippen LogP contribution in [0.25, 0.3) is 0 Å². The predicted molar refractivity (Wildman–Crippen MR) is 77.2 cm³/mol. The van der Waals surface area contributed by atoms with Crippen molar-refractivity contribution in [2.45, 2.75) is 24.2 Å². The summed E-state index contributed by atoms with van der Waals surface area (Å²) in [5, 5.41) is 3.76. The van der Waals surface area contributed by atoms with Gasteiger partial charge in [-0.1, -0.05) is 28.1 Å². The summed E-state index contributed by atoms with van der Waals surface area (Å²) >= 11 is 3.37. The van der Waals surface area contributed by atoms with Gasteiger partial charge in [-0.25, -0.2) is 0 Å². The summed E-state index contributed by atoms with van der Waals surface area (Å²) in [6, 6.07) is 7.55. The lowest BCUT2D eigenvalue weighted by Gasteiger charge is -2.30. The molecule has 4 nitrogen and oxygen atoms in total. The molecular weight excluding hydrogens is 308 g/mol. The number of nitrogens with zero attached hydrogens (tertiary/aromatic N) is 1. The van der Waals surface area contributed by atoms with E-state index < -0.39 is 0 Å². The van der Waals surface area contributed by atoms with E-state index in [1.165, 1.54) is 0 Å². The number of rotatable bonds is 3. The molecule has 1 aliphatic heterocycles. The zero-order valence-electron chi connectivity index (χ0n) is 10.9. The quantitative estimate of drug-likeness (QED) is 0.864. The first-order valence-corrected chi connectivity index (χ1v) is 7.42. The van der Waals surface area contributed by atoms with E-state index in [1.807, 2.05) is 24.3 Å². The Morgan fingerprint density at radius 3 is 2.68 bits per heavy atom. The zero-order valence-corrected chi connectivity index (χ0v) is 12.4. The zero-order chi connectivity index (χ0) is 13.8. The van der Waals surface area contributed by atoms with Gasteiger partial charge in [-0.05, 0) is 24.1 Å². The molecule has 1 saturated heterocycles. The Kier molecular flexibility index (Phi) is 4.58. The second kappa shape index (κ2) is 6.19. The largest absolute Gasteiger partial charge is 0.348 e. The summed E-state index contributed by atoms with van der Waals surface area (Å²) in [5.41, 5.74) is 1.80. The molecule has 1 fully saturated rings. The average molecular weight is 325 g/mol. The van der Waals surface area contributed by atoms with E-state index in [0.29, 0.717) is 24.9 Å². The summed E-state index contributed by atoms with van der Waals surface area (Å²) < 4.78 is 0. The lowest BCUT2D eigenvalue weighted by atomic mass is 10.0. The molecule has 0 radical (unpaired) electrons. The van der Waals surface area contributed by atoms with E-state index in [4.69, 9.17) is 0 Å². The lowest BCUT2D eigenvalue weighted by molar-refractivity contribution is -0.132. The highest BCUT2D eigenvalue weighted by atomic mass is 79.9. The molecule has 1 atom stereocenters. The van der Waals surface area contributed by atoms with E-state index >= 15 is 0 Å². The fourth-order valence-electron chi connectivity index (χ4n) is 2.14. The number of hydrogen-bond donors (Lipinski definition) is 1. The second-order valence-corrected chi connectivity index (χ2v) is 5.37.